The lowest BCUT2D eigenvalue weighted by Gasteiger charge is -2.25. The molecule has 0 aliphatic carbocycles. The van der Waals surface area contributed by atoms with Crippen LogP contribution in [0.1, 0.15) is 31.9 Å². The summed E-state index contributed by atoms with van der Waals surface area (Å²) >= 11 is 0. The molecule has 0 heterocycles. The van der Waals surface area contributed by atoms with Gasteiger partial charge >= 0.3 is 6.18 Å². The van der Waals surface area contributed by atoms with E-state index in [2.05, 4.69) is 5.32 Å². The number of aliphatic hydroxyl groups excluding tert-OH is 1. The fourth-order valence-electron chi connectivity index (χ4n) is 1.93. The summed E-state index contributed by atoms with van der Waals surface area (Å²) in [7, 11) is 0. The third-order valence-corrected chi connectivity index (χ3v) is 2.84. The highest BCUT2D eigenvalue weighted by atomic mass is 19.4. The van der Waals surface area contributed by atoms with Crippen molar-refractivity contribution in [1.82, 2.24) is 5.32 Å². The molecule has 0 bridgehead atoms. The molecule has 7 heteroatoms. The van der Waals surface area contributed by atoms with Crippen molar-refractivity contribution in [3.8, 4) is 0 Å². The van der Waals surface area contributed by atoms with Crippen molar-refractivity contribution >= 4 is 0 Å². The summed E-state index contributed by atoms with van der Waals surface area (Å²) in [5, 5.41) is 12.5. The molecular formula is C13H16F5NO. The van der Waals surface area contributed by atoms with Gasteiger partial charge in [0.25, 0.3) is 0 Å². The lowest BCUT2D eigenvalue weighted by atomic mass is 10.0. The van der Waals surface area contributed by atoms with Crippen molar-refractivity contribution in [2.45, 2.75) is 44.6 Å². The Bertz CT molecular complexity index is 449. The third kappa shape index (κ3) is 5.05. The van der Waals surface area contributed by atoms with Crippen LogP contribution >= 0.6 is 0 Å². The molecule has 1 rings (SSSR count). The summed E-state index contributed by atoms with van der Waals surface area (Å²) in [5.74, 6) is -2.16. The quantitative estimate of drug-likeness (QED) is 0.817. The molecule has 0 spiro atoms. The first-order valence-corrected chi connectivity index (χ1v) is 6.06. The molecule has 0 aliphatic rings. The molecule has 0 fully saturated rings. The van der Waals surface area contributed by atoms with E-state index >= 15 is 0 Å². The second kappa shape index (κ2) is 6.49. The summed E-state index contributed by atoms with van der Waals surface area (Å²) in [6.07, 6.45) is -6.58. The fourth-order valence-corrected chi connectivity index (χ4v) is 1.93. The molecular weight excluding hydrogens is 281 g/mol. The van der Waals surface area contributed by atoms with Crippen LogP contribution in [0.2, 0.25) is 0 Å². The predicted octanol–water partition coefficient (Wildman–Crippen LogP) is 3.32. The topological polar surface area (TPSA) is 32.3 Å². The minimum Gasteiger partial charge on any atom is -0.387 e. The predicted molar refractivity (Wildman–Crippen MR) is 64.0 cm³/mol. The van der Waals surface area contributed by atoms with Crippen molar-refractivity contribution in [3.63, 3.8) is 0 Å². The van der Waals surface area contributed by atoms with Gasteiger partial charge in [0, 0.05) is 12.1 Å². The second-order valence-corrected chi connectivity index (χ2v) is 4.79. The van der Waals surface area contributed by atoms with Crippen LogP contribution in [0.5, 0.6) is 0 Å². The smallest absolute Gasteiger partial charge is 0.387 e. The zero-order valence-corrected chi connectivity index (χ0v) is 11.0. The molecule has 114 valence electrons. The first-order valence-electron chi connectivity index (χ1n) is 6.06. The van der Waals surface area contributed by atoms with E-state index in [-0.39, 0.29) is 5.56 Å². The van der Waals surface area contributed by atoms with E-state index in [4.69, 9.17) is 0 Å². The molecule has 0 aromatic heterocycles. The molecule has 1 aromatic carbocycles. The number of benzene rings is 1. The van der Waals surface area contributed by atoms with Gasteiger partial charge in [-0.3, -0.25) is 0 Å². The highest BCUT2D eigenvalue weighted by molar-refractivity contribution is 5.21. The fraction of sp³-hybridized carbons (Fsp3) is 0.538. The Morgan fingerprint density at radius 1 is 1.15 bits per heavy atom. The summed E-state index contributed by atoms with van der Waals surface area (Å²) in [5.41, 5.74) is 0.100. The zero-order valence-electron chi connectivity index (χ0n) is 11.0. The molecule has 0 saturated heterocycles. The molecule has 0 radical (unpaired) electrons. The molecule has 1 aromatic rings. The average molecular weight is 297 g/mol. The highest BCUT2D eigenvalue weighted by Gasteiger charge is 2.31. The van der Waals surface area contributed by atoms with E-state index in [0.29, 0.717) is 0 Å². The molecule has 0 amide bonds. The van der Waals surface area contributed by atoms with Gasteiger partial charge in [0.1, 0.15) is 0 Å². The van der Waals surface area contributed by atoms with Gasteiger partial charge in [0.15, 0.2) is 11.6 Å². The molecule has 0 aliphatic heterocycles. The minimum atomic E-state index is -4.31. The number of hydrogen-bond acceptors (Lipinski definition) is 2. The van der Waals surface area contributed by atoms with Gasteiger partial charge in [-0.1, -0.05) is 6.07 Å². The van der Waals surface area contributed by atoms with Crippen LogP contribution in [0, 0.1) is 11.6 Å². The molecule has 3 unspecified atom stereocenters. The van der Waals surface area contributed by atoms with Crippen molar-refractivity contribution < 1.29 is 27.1 Å². The maximum Gasteiger partial charge on any atom is 0.390 e. The van der Waals surface area contributed by atoms with Crippen LogP contribution < -0.4 is 5.32 Å². The normalized spacial score (nSPS) is 16.8. The van der Waals surface area contributed by atoms with Gasteiger partial charge < -0.3 is 10.4 Å². The summed E-state index contributed by atoms with van der Waals surface area (Å²) in [4.78, 5) is 0. The minimum absolute atomic E-state index is 0.100. The number of nitrogens with one attached hydrogen (secondary N) is 1. The summed E-state index contributed by atoms with van der Waals surface area (Å²) in [6, 6.07) is 1.24. The third-order valence-electron chi connectivity index (χ3n) is 2.84. The Morgan fingerprint density at radius 2 is 1.75 bits per heavy atom. The van der Waals surface area contributed by atoms with Gasteiger partial charge in [-0.25, -0.2) is 8.78 Å². The first kappa shape index (κ1) is 16.8. The molecule has 3 atom stereocenters. The number of hydrogen-bond donors (Lipinski definition) is 2. The Morgan fingerprint density at radius 3 is 2.25 bits per heavy atom. The van der Waals surface area contributed by atoms with Crippen molar-refractivity contribution in [2.24, 2.45) is 0 Å². The first-order chi connectivity index (χ1) is 9.10. The Kier molecular flexibility index (Phi) is 5.47. The van der Waals surface area contributed by atoms with E-state index in [1.54, 1.807) is 0 Å². The van der Waals surface area contributed by atoms with Crippen LogP contribution in [-0.4, -0.2) is 23.4 Å². The number of halogens is 5. The summed E-state index contributed by atoms with van der Waals surface area (Å²) in [6.45, 7) is 2.81. The van der Waals surface area contributed by atoms with E-state index in [1.807, 2.05) is 0 Å². The lowest BCUT2D eigenvalue weighted by Crippen LogP contribution is -2.40. The lowest BCUT2D eigenvalue weighted by molar-refractivity contribution is -0.139. The van der Waals surface area contributed by atoms with E-state index < -0.39 is 42.4 Å². The SMILES string of the molecule is CC(CC(F)(F)F)NC(C)C(O)c1ccc(F)c(F)c1. The molecule has 2 nitrogen and oxygen atoms in total. The molecule has 2 N–H and O–H groups in total. The highest BCUT2D eigenvalue weighted by Crippen LogP contribution is 2.23. The van der Waals surface area contributed by atoms with Crippen molar-refractivity contribution in [1.29, 1.82) is 0 Å². The second-order valence-electron chi connectivity index (χ2n) is 4.79. The van der Waals surface area contributed by atoms with Crippen LogP contribution in [0.25, 0.3) is 0 Å². The molecule has 0 saturated carbocycles. The van der Waals surface area contributed by atoms with Gasteiger partial charge in [-0.15, -0.1) is 0 Å². The Balaban J connectivity index is 2.66. The van der Waals surface area contributed by atoms with Crippen LogP contribution in [-0.2, 0) is 0 Å². The summed E-state index contributed by atoms with van der Waals surface area (Å²) < 4.78 is 62.3. The Hall–Kier alpha value is -1.21. The molecule has 20 heavy (non-hydrogen) atoms. The maximum absolute atomic E-state index is 13.0. The van der Waals surface area contributed by atoms with E-state index in [1.165, 1.54) is 19.9 Å². The van der Waals surface area contributed by atoms with Crippen molar-refractivity contribution in [2.75, 3.05) is 0 Å². The van der Waals surface area contributed by atoms with Gasteiger partial charge in [0.05, 0.1) is 12.5 Å². The number of alkyl halides is 3. The standard InChI is InChI=1S/C13H16F5NO/c1-7(6-13(16,17)18)19-8(2)12(20)9-3-4-10(14)11(15)5-9/h3-5,7-8,12,19-20H,6H2,1-2H3. The largest absolute Gasteiger partial charge is 0.390 e. The zero-order chi connectivity index (χ0) is 15.5. The van der Waals surface area contributed by atoms with Gasteiger partial charge in [-0.05, 0) is 31.5 Å². The van der Waals surface area contributed by atoms with Gasteiger partial charge in [-0.2, -0.15) is 13.2 Å². The average Bonchev–Trinajstić information content (AvgIpc) is 2.29. The Labute approximate surface area is 113 Å². The van der Waals surface area contributed by atoms with Crippen molar-refractivity contribution in [3.05, 3.63) is 35.4 Å². The van der Waals surface area contributed by atoms with Crippen LogP contribution in [0.4, 0.5) is 22.0 Å². The van der Waals surface area contributed by atoms with E-state index in [9.17, 15) is 27.1 Å². The number of rotatable bonds is 5. The monoisotopic (exact) mass is 297 g/mol. The number of aliphatic hydroxyl groups is 1. The van der Waals surface area contributed by atoms with E-state index in [0.717, 1.165) is 12.1 Å². The van der Waals surface area contributed by atoms with Crippen LogP contribution in [0.15, 0.2) is 18.2 Å². The maximum atomic E-state index is 13.0. The van der Waals surface area contributed by atoms with Gasteiger partial charge in [0.2, 0.25) is 0 Å². The van der Waals surface area contributed by atoms with Crippen LogP contribution in [0.3, 0.4) is 0 Å².